The van der Waals surface area contributed by atoms with E-state index in [-0.39, 0.29) is 23.7 Å². The molecule has 7 heteroatoms. The molecule has 1 aliphatic carbocycles. The topological polar surface area (TPSA) is 61.4 Å². The molecule has 3 aliphatic rings. The van der Waals surface area contributed by atoms with Gasteiger partial charge in [-0.2, -0.15) is 0 Å². The van der Waals surface area contributed by atoms with Gasteiger partial charge in [-0.3, -0.25) is 9.59 Å². The van der Waals surface area contributed by atoms with E-state index in [1.54, 1.807) is 6.07 Å². The van der Waals surface area contributed by atoms with Crippen molar-refractivity contribution in [2.24, 2.45) is 17.8 Å². The summed E-state index contributed by atoms with van der Waals surface area (Å²) in [5.41, 5.74) is 0.663. The van der Waals surface area contributed by atoms with Crippen molar-refractivity contribution < 1.29 is 18.4 Å². The van der Waals surface area contributed by atoms with Gasteiger partial charge in [0.15, 0.2) is 11.6 Å². The summed E-state index contributed by atoms with van der Waals surface area (Å²) < 4.78 is 26.6. The van der Waals surface area contributed by atoms with Crippen LogP contribution < -0.4 is 15.5 Å². The monoisotopic (exact) mass is 391 g/mol. The van der Waals surface area contributed by atoms with Crippen LogP contribution in [-0.2, 0) is 9.59 Å². The highest BCUT2D eigenvalue weighted by molar-refractivity contribution is 5.90. The number of nitrogens with zero attached hydrogens (tertiary/aromatic N) is 1. The first kappa shape index (κ1) is 19.2. The molecule has 1 saturated carbocycles. The Morgan fingerprint density at radius 3 is 2.82 bits per heavy atom. The average Bonchev–Trinajstić information content (AvgIpc) is 3.17. The van der Waals surface area contributed by atoms with Gasteiger partial charge in [0.25, 0.3) is 0 Å². The van der Waals surface area contributed by atoms with Gasteiger partial charge in [0.1, 0.15) is 6.04 Å². The predicted octanol–water partition coefficient (Wildman–Crippen LogP) is 2.60. The van der Waals surface area contributed by atoms with Crippen molar-refractivity contribution in [2.45, 2.75) is 44.6 Å². The van der Waals surface area contributed by atoms with E-state index in [2.05, 4.69) is 10.6 Å². The SMILES string of the molecule is O=C(NCC1CCN(c2ccc(F)c(F)c2)C1)C1CC2CCCCC2C(=O)N1. The van der Waals surface area contributed by atoms with E-state index in [1.807, 2.05) is 4.90 Å². The Kier molecular flexibility index (Phi) is 5.51. The number of nitrogens with one attached hydrogen (secondary N) is 2. The first-order chi connectivity index (χ1) is 13.5. The van der Waals surface area contributed by atoms with Crippen LogP contribution in [-0.4, -0.2) is 37.5 Å². The van der Waals surface area contributed by atoms with Crippen LogP contribution in [0.5, 0.6) is 0 Å². The molecule has 28 heavy (non-hydrogen) atoms. The molecule has 1 aromatic carbocycles. The van der Waals surface area contributed by atoms with Crippen molar-refractivity contribution in [1.82, 2.24) is 10.6 Å². The third kappa shape index (κ3) is 3.98. The quantitative estimate of drug-likeness (QED) is 0.830. The van der Waals surface area contributed by atoms with Crippen LogP contribution in [0.15, 0.2) is 18.2 Å². The Balaban J connectivity index is 1.27. The number of carbonyl (C=O) groups is 2. The Bertz CT molecular complexity index is 757. The Hall–Kier alpha value is -2.18. The van der Waals surface area contributed by atoms with Gasteiger partial charge >= 0.3 is 0 Å². The molecule has 2 N–H and O–H groups in total. The van der Waals surface area contributed by atoms with Crippen molar-refractivity contribution in [3.8, 4) is 0 Å². The van der Waals surface area contributed by atoms with E-state index in [1.165, 1.54) is 6.07 Å². The molecule has 5 nitrogen and oxygen atoms in total. The molecule has 2 amide bonds. The summed E-state index contributed by atoms with van der Waals surface area (Å²) in [4.78, 5) is 26.9. The number of hydrogen-bond acceptors (Lipinski definition) is 3. The van der Waals surface area contributed by atoms with E-state index in [0.717, 1.165) is 51.1 Å². The standard InChI is InChI=1S/C21H27F2N3O2/c22-17-6-5-15(10-18(17)23)26-8-7-13(12-26)11-24-21(28)19-9-14-3-1-2-4-16(14)20(27)25-19/h5-6,10,13-14,16,19H,1-4,7-9,11-12H2,(H,24,28)(H,25,27). The molecule has 0 aromatic heterocycles. The number of halogens is 2. The van der Waals surface area contributed by atoms with Gasteiger partial charge in [0.2, 0.25) is 11.8 Å². The zero-order valence-electron chi connectivity index (χ0n) is 15.9. The number of piperidine rings is 1. The van der Waals surface area contributed by atoms with Gasteiger partial charge in [-0.25, -0.2) is 8.78 Å². The third-order valence-corrected chi connectivity index (χ3v) is 6.54. The molecule has 1 aromatic rings. The highest BCUT2D eigenvalue weighted by atomic mass is 19.2. The second-order valence-corrected chi connectivity index (χ2v) is 8.39. The second-order valence-electron chi connectivity index (χ2n) is 8.39. The molecule has 4 unspecified atom stereocenters. The molecule has 0 spiro atoms. The number of benzene rings is 1. The fourth-order valence-corrected chi connectivity index (χ4v) is 4.93. The summed E-state index contributed by atoms with van der Waals surface area (Å²) in [5, 5.41) is 5.89. The van der Waals surface area contributed by atoms with E-state index >= 15 is 0 Å². The van der Waals surface area contributed by atoms with Crippen LogP contribution >= 0.6 is 0 Å². The maximum absolute atomic E-state index is 13.4. The van der Waals surface area contributed by atoms with Crippen molar-refractivity contribution >= 4 is 17.5 Å². The molecule has 0 radical (unpaired) electrons. The maximum atomic E-state index is 13.4. The Morgan fingerprint density at radius 1 is 1.18 bits per heavy atom. The highest BCUT2D eigenvalue weighted by Crippen LogP contribution is 2.36. The van der Waals surface area contributed by atoms with Crippen molar-refractivity contribution in [3.63, 3.8) is 0 Å². The minimum atomic E-state index is -0.846. The van der Waals surface area contributed by atoms with Crippen LogP contribution in [0, 0.1) is 29.4 Å². The van der Waals surface area contributed by atoms with E-state index in [9.17, 15) is 18.4 Å². The fraction of sp³-hybridized carbons (Fsp3) is 0.619. The van der Waals surface area contributed by atoms with E-state index in [4.69, 9.17) is 0 Å². The lowest BCUT2D eigenvalue weighted by Gasteiger charge is -2.38. The predicted molar refractivity (Wildman–Crippen MR) is 102 cm³/mol. The second kappa shape index (κ2) is 8.05. The fourth-order valence-electron chi connectivity index (χ4n) is 4.93. The molecule has 2 saturated heterocycles. The summed E-state index contributed by atoms with van der Waals surface area (Å²) >= 11 is 0. The average molecular weight is 391 g/mol. The largest absolute Gasteiger partial charge is 0.371 e. The van der Waals surface area contributed by atoms with Gasteiger partial charge in [-0.05, 0) is 49.7 Å². The van der Waals surface area contributed by atoms with Crippen molar-refractivity contribution in [2.75, 3.05) is 24.5 Å². The number of hydrogen-bond donors (Lipinski definition) is 2. The highest BCUT2D eigenvalue weighted by Gasteiger charge is 2.40. The molecule has 4 rings (SSSR count). The van der Waals surface area contributed by atoms with Crippen LogP contribution in [0.25, 0.3) is 0 Å². The molecular formula is C21H27F2N3O2. The minimum Gasteiger partial charge on any atom is -0.371 e. The first-order valence-corrected chi connectivity index (χ1v) is 10.3. The lowest BCUT2D eigenvalue weighted by atomic mass is 9.73. The van der Waals surface area contributed by atoms with Crippen LogP contribution in [0.2, 0.25) is 0 Å². The molecule has 2 aliphatic heterocycles. The number of carbonyl (C=O) groups excluding carboxylic acids is 2. The van der Waals surface area contributed by atoms with Crippen LogP contribution in [0.4, 0.5) is 14.5 Å². The molecule has 152 valence electrons. The molecule has 0 bridgehead atoms. The van der Waals surface area contributed by atoms with E-state index < -0.39 is 17.7 Å². The summed E-state index contributed by atoms with van der Waals surface area (Å²) in [5.74, 6) is -1.11. The van der Waals surface area contributed by atoms with Crippen LogP contribution in [0.1, 0.15) is 38.5 Å². The zero-order valence-corrected chi connectivity index (χ0v) is 15.9. The lowest BCUT2D eigenvalue weighted by molar-refractivity contribution is -0.137. The summed E-state index contributed by atoms with van der Waals surface area (Å²) in [6, 6.07) is 3.51. The number of amides is 2. The number of anilines is 1. The first-order valence-electron chi connectivity index (χ1n) is 10.3. The van der Waals surface area contributed by atoms with Crippen molar-refractivity contribution in [3.05, 3.63) is 29.8 Å². The summed E-state index contributed by atoms with van der Waals surface area (Å²) in [7, 11) is 0. The molecule has 2 heterocycles. The van der Waals surface area contributed by atoms with Gasteiger partial charge in [0, 0.05) is 37.3 Å². The normalized spacial score (nSPS) is 29.9. The zero-order chi connectivity index (χ0) is 19.7. The van der Waals surface area contributed by atoms with Gasteiger partial charge in [0.05, 0.1) is 0 Å². The molecule has 4 atom stereocenters. The smallest absolute Gasteiger partial charge is 0.242 e. The lowest BCUT2D eigenvalue weighted by Crippen LogP contribution is -2.55. The molecular weight excluding hydrogens is 364 g/mol. The Labute approximate surface area is 163 Å². The van der Waals surface area contributed by atoms with Crippen LogP contribution in [0.3, 0.4) is 0 Å². The van der Waals surface area contributed by atoms with Gasteiger partial charge < -0.3 is 15.5 Å². The number of rotatable bonds is 4. The Morgan fingerprint density at radius 2 is 2.00 bits per heavy atom. The van der Waals surface area contributed by atoms with Gasteiger partial charge in [-0.1, -0.05) is 12.8 Å². The van der Waals surface area contributed by atoms with Crippen molar-refractivity contribution in [1.29, 1.82) is 0 Å². The summed E-state index contributed by atoms with van der Waals surface area (Å²) in [6.07, 6.45) is 5.82. The minimum absolute atomic E-state index is 0.0291. The maximum Gasteiger partial charge on any atom is 0.242 e. The number of fused-ring (bicyclic) bond motifs is 1. The molecule has 3 fully saturated rings. The summed E-state index contributed by atoms with van der Waals surface area (Å²) in [6.45, 7) is 1.96. The van der Waals surface area contributed by atoms with Gasteiger partial charge in [-0.15, -0.1) is 0 Å². The third-order valence-electron chi connectivity index (χ3n) is 6.54. The van der Waals surface area contributed by atoms with E-state index in [0.29, 0.717) is 24.7 Å².